The standard InChI is InChI=1S/C14H24/c1-9-4-5-12-10(6-9)7-11-8-13(12)14(11,2)3/h9-13H,4-8H2,1-3H3/t9?,10?,11-,12?,13?/m1/s1. The number of hydrogen-bond acceptors (Lipinski definition) is 0. The zero-order valence-corrected chi connectivity index (χ0v) is 9.92. The Morgan fingerprint density at radius 3 is 2.50 bits per heavy atom. The molecule has 4 aliphatic rings. The summed E-state index contributed by atoms with van der Waals surface area (Å²) in [5.74, 6) is 5.44. The number of rotatable bonds is 0. The molecule has 0 aliphatic heterocycles. The summed E-state index contributed by atoms with van der Waals surface area (Å²) < 4.78 is 0. The molecule has 0 aromatic heterocycles. The Labute approximate surface area is 88.5 Å². The summed E-state index contributed by atoms with van der Waals surface area (Å²) in [6.07, 6.45) is 7.75. The maximum Gasteiger partial charge on any atom is -0.0295 e. The molecular formula is C14H24. The van der Waals surface area contributed by atoms with Crippen LogP contribution in [0.5, 0.6) is 0 Å². The highest BCUT2D eigenvalue weighted by Crippen LogP contribution is 2.65. The second kappa shape index (κ2) is 2.77. The molecule has 4 saturated carbocycles. The minimum Gasteiger partial charge on any atom is -0.0625 e. The predicted molar refractivity (Wildman–Crippen MR) is 60.0 cm³/mol. The van der Waals surface area contributed by atoms with Gasteiger partial charge in [-0.05, 0) is 60.7 Å². The maximum atomic E-state index is 2.53. The second-order valence-corrected chi connectivity index (χ2v) is 6.94. The van der Waals surface area contributed by atoms with E-state index >= 15 is 0 Å². The fourth-order valence-corrected chi connectivity index (χ4v) is 4.87. The molecular weight excluding hydrogens is 168 g/mol. The third-order valence-electron chi connectivity index (χ3n) is 5.95. The molecule has 14 heavy (non-hydrogen) atoms. The lowest BCUT2D eigenvalue weighted by atomic mass is 9.41. The molecule has 5 atom stereocenters. The van der Waals surface area contributed by atoms with Crippen LogP contribution in [-0.4, -0.2) is 0 Å². The minimum absolute atomic E-state index is 0.710. The highest BCUT2D eigenvalue weighted by atomic mass is 14.6. The van der Waals surface area contributed by atoms with Crippen LogP contribution < -0.4 is 0 Å². The Bertz CT molecular complexity index is 240. The van der Waals surface area contributed by atoms with Crippen molar-refractivity contribution in [1.29, 1.82) is 0 Å². The topological polar surface area (TPSA) is 0 Å². The summed E-state index contributed by atoms with van der Waals surface area (Å²) >= 11 is 0. The first kappa shape index (κ1) is 9.24. The van der Waals surface area contributed by atoms with Gasteiger partial charge in [0.05, 0.1) is 0 Å². The van der Waals surface area contributed by atoms with Crippen LogP contribution >= 0.6 is 0 Å². The molecule has 2 bridgehead atoms. The van der Waals surface area contributed by atoms with Crippen molar-refractivity contribution < 1.29 is 0 Å². The Hall–Kier alpha value is 0. The molecule has 0 radical (unpaired) electrons. The van der Waals surface area contributed by atoms with Crippen molar-refractivity contribution in [2.45, 2.75) is 52.9 Å². The van der Waals surface area contributed by atoms with Gasteiger partial charge in [0, 0.05) is 0 Å². The van der Waals surface area contributed by atoms with Crippen LogP contribution in [0.2, 0.25) is 0 Å². The molecule has 80 valence electrons. The summed E-state index contributed by atoms with van der Waals surface area (Å²) in [5, 5.41) is 0. The largest absolute Gasteiger partial charge is 0.0625 e. The summed E-state index contributed by atoms with van der Waals surface area (Å²) in [6, 6.07) is 0. The first-order valence-corrected chi connectivity index (χ1v) is 6.59. The molecule has 0 N–H and O–H groups in total. The lowest BCUT2D eigenvalue weighted by Gasteiger charge is -2.64. The van der Waals surface area contributed by atoms with Crippen LogP contribution in [0.1, 0.15) is 52.9 Å². The van der Waals surface area contributed by atoms with Crippen molar-refractivity contribution in [1.82, 2.24) is 0 Å². The van der Waals surface area contributed by atoms with E-state index in [4.69, 9.17) is 0 Å². The maximum absolute atomic E-state index is 2.53. The molecule has 0 aromatic rings. The van der Waals surface area contributed by atoms with Crippen molar-refractivity contribution >= 4 is 0 Å². The van der Waals surface area contributed by atoms with E-state index in [2.05, 4.69) is 20.8 Å². The van der Waals surface area contributed by atoms with E-state index in [9.17, 15) is 0 Å². The average molecular weight is 192 g/mol. The smallest absolute Gasteiger partial charge is 0.0295 e. The van der Waals surface area contributed by atoms with Gasteiger partial charge in [0.2, 0.25) is 0 Å². The van der Waals surface area contributed by atoms with E-state index in [1.165, 1.54) is 6.42 Å². The van der Waals surface area contributed by atoms with Crippen molar-refractivity contribution in [3.05, 3.63) is 0 Å². The SMILES string of the molecule is CC1CCC2C(C1)C[C@@H]1CC2C1(C)C. The van der Waals surface area contributed by atoms with Crippen LogP contribution in [0.3, 0.4) is 0 Å². The molecule has 4 unspecified atom stereocenters. The zero-order chi connectivity index (χ0) is 9.92. The summed E-state index contributed by atoms with van der Waals surface area (Å²) in [5.41, 5.74) is 0.710. The fourth-order valence-electron chi connectivity index (χ4n) is 4.87. The predicted octanol–water partition coefficient (Wildman–Crippen LogP) is 4.10. The molecule has 0 aromatic carbocycles. The monoisotopic (exact) mass is 192 g/mol. The van der Waals surface area contributed by atoms with Crippen molar-refractivity contribution in [2.24, 2.45) is 35.0 Å². The Morgan fingerprint density at radius 2 is 1.79 bits per heavy atom. The molecule has 0 nitrogen and oxygen atoms in total. The zero-order valence-electron chi connectivity index (χ0n) is 9.92. The Balaban J connectivity index is 1.79. The van der Waals surface area contributed by atoms with Crippen LogP contribution in [0, 0.1) is 35.0 Å². The van der Waals surface area contributed by atoms with E-state index in [1.54, 1.807) is 25.7 Å². The first-order valence-electron chi connectivity index (χ1n) is 6.59. The van der Waals surface area contributed by atoms with E-state index in [1.807, 2.05) is 0 Å². The van der Waals surface area contributed by atoms with Crippen molar-refractivity contribution in [3.8, 4) is 0 Å². The van der Waals surface area contributed by atoms with Gasteiger partial charge in [-0.25, -0.2) is 0 Å². The van der Waals surface area contributed by atoms with Gasteiger partial charge in [-0.3, -0.25) is 0 Å². The van der Waals surface area contributed by atoms with E-state index in [0.717, 1.165) is 29.6 Å². The molecule has 0 heteroatoms. The normalized spacial score (nSPS) is 54.6. The van der Waals surface area contributed by atoms with E-state index in [0.29, 0.717) is 5.41 Å². The van der Waals surface area contributed by atoms with Gasteiger partial charge in [-0.15, -0.1) is 0 Å². The van der Waals surface area contributed by atoms with Gasteiger partial charge in [0.15, 0.2) is 0 Å². The fraction of sp³-hybridized carbons (Fsp3) is 1.00. The van der Waals surface area contributed by atoms with E-state index < -0.39 is 0 Å². The Kier molecular flexibility index (Phi) is 1.83. The van der Waals surface area contributed by atoms with Crippen molar-refractivity contribution in [2.75, 3.05) is 0 Å². The molecule has 0 spiro atoms. The lowest BCUT2D eigenvalue weighted by molar-refractivity contribution is -0.149. The third kappa shape index (κ3) is 1.06. The second-order valence-electron chi connectivity index (χ2n) is 6.94. The van der Waals surface area contributed by atoms with Crippen LogP contribution in [-0.2, 0) is 0 Å². The number of hydrogen-bond donors (Lipinski definition) is 0. The van der Waals surface area contributed by atoms with Crippen LogP contribution in [0.15, 0.2) is 0 Å². The average Bonchev–Trinajstić information content (AvgIpc) is 2.16. The van der Waals surface area contributed by atoms with Gasteiger partial charge in [0.1, 0.15) is 0 Å². The van der Waals surface area contributed by atoms with Crippen LogP contribution in [0.4, 0.5) is 0 Å². The minimum atomic E-state index is 0.710. The lowest BCUT2D eigenvalue weighted by Crippen LogP contribution is -2.56. The molecule has 4 rings (SSSR count). The summed E-state index contributed by atoms with van der Waals surface area (Å²) in [4.78, 5) is 0. The summed E-state index contributed by atoms with van der Waals surface area (Å²) in [7, 11) is 0. The third-order valence-corrected chi connectivity index (χ3v) is 5.95. The molecule has 4 fully saturated rings. The van der Waals surface area contributed by atoms with Gasteiger partial charge in [0.25, 0.3) is 0 Å². The quantitative estimate of drug-likeness (QED) is 0.542. The van der Waals surface area contributed by atoms with Gasteiger partial charge < -0.3 is 0 Å². The van der Waals surface area contributed by atoms with Gasteiger partial charge in [-0.2, -0.15) is 0 Å². The van der Waals surface area contributed by atoms with E-state index in [-0.39, 0.29) is 0 Å². The highest BCUT2D eigenvalue weighted by Gasteiger charge is 2.57. The summed E-state index contributed by atoms with van der Waals surface area (Å²) in [6.45, 7) is 7.52. The van der Waals surface area contributed by atoms with Crippen molar-refractivity contribution in [3.63, 3.8) is 0 Å². The van der Waals surface area contributed by atoms with Gasteiger partial charge in [-0.1, -0.05) is 27.2 Å². The van der Waals surface area contributed by atoms with Gasteiger partial charge >= 0.3 is 0 Å². The molecule has 4 aliphatic carbocycles. The Morgan fingerprint density at radius 1 is 1.00 bits per heavy atom. The molecule has 0 saturated heterocycles. The van der Waals surface area contributed by atoms with Crippen LogP contribution in [0.25, 0.3) is 0 Å². The molecule has 0 amide bonds. The highest BCUT2D eigenvalue weighted by molar-refractivity contribution is 5.06. The molecule has 0 heterocycles. The first-order chi connectivity index (χ1) is 6.59.